The zero-order valence-electron chi connectivity index (χ0n) is 11.0. The third kappa shape index (κ3) is 2.76. The molecule has 1 aromatic heterocycles. The Bertz CT molecular complexity index is 636. The first-order chi connectivity index (χ1) is 9.69. The summed E-state index contributed by atoms with van der Waals surface area (Å²) in [5.41, 5.74) is 14.3. The van der Waals surface area contributed by atoms with Gasteiger partial charge in [-0.3, -0.25) is 4.79 Å². The van der Waals surface area contributed by atoms with Crippen molar-refractivity contribution in [2.24, 2.45) is 5.73 Å². The normalized spacial score (nSPS) is 10.4. The molecule has 0 saturated carbocycles. The van der Waals surface area contributed by atoms with Gasteiger partial charge in [-0.2, -0.15) is 9.78 Å². The quantitative estimate of drug-likeness (QED) is 0.844. The number of benzene rings is 1. The number of hydrogen-bond donors (Lipinski definition) is 2. The molecule has 20 heavy (non-hydrogen) atoms. The van der Waals surface area contributed by atoms with Gasteiger partial charge >= 0.3 is 5.24 Å². The Balaban J connectivity index is 2.38. The van der Waals surface area contributed by atoms with Gasteiger partial charge < -0.3 is 11.5 Å². The van der Waals surface area contributed by atoms with E-state index in [0.717, 1.165) is 28.5 Å². The van der Waals surface area contributed by atoms with Crippen LogP contribution in [0.4, 0.5) is 10.6 Å². The first-order valence-corrected chi connectivity index (χ1v) is 7.07. The summed E-state index contributed by atoms with van der Waals surface area (Å²) in [4.78, 5) is 11.9. The maximum absolute atomic E-state index is 11.9. The number of anilines is 1. The molecule has 0 fully saturated rings. The van der Waals surface area contributed by atoms with E-state index in [1.807, 2.05) is 24.3 Å². The van der Waals surface area contributed by atoms with E-state index >= 15 is 0 Å². The van der Waals surface area contributed by atoms with Gasteiger partial charge in [-0.25, -0.2) is 0 Å². The Kier molecular flexibility index (Phi) is 4.60. The Morgan fingerprint density at radius 2 is 2.15 bits per heavy atom. The van der Waals surface area contributed by atoms with Crippen LogP contribution in [0.1, 0.15) is 5.56 Å². The van der Waals surface area contributed by atoms with Gasteiger partial charge in [0.15, 0.2) is 0 Å². The van der Waals surface area contributed by atoms with E-state index in [1.54, 1.807) is 12.3 Å². The van der Waals surface area contributed by atoms with E-state index < -0.39 is 0 Å². The summed E-state index contributed by atoms with van der Waals surface area (Å²) < 4.78 is 1.21. The molecule has 0 unspecified atom stereocenters. The van der Waals surface area contributed by atoms with Crippen molar-refractivity contribution in [3.05, 3.63) is 48.7 Å². The molecule has 0 saturated heterocycles. The maximum atomic E-state index is 11.9. The van der Waals surface area contributed by atoms with E-state index in [0.29, 0.717) is 18.1 Å². The topological polar surface area (TPSA) is 86.9 Å². The molecule has 1 heterocycles. The zero-order chi connectivity index (χ0) is 14.5. The van der Waals surface area contributed by atoms with Crippen molar-refractivity contribution in [1.82, 2.24) is 9.78 Å². The van der Waals surface area contributed by atoms with Crippen molar-refractivity contribution in [3.63, 3.8) is 0 Å². The molecule has 0 atom stereocenters. The highest BCUT2D eigenvalue weighted by Crippen LogP contribution is 2.29. The number of aromatic nitrogens is 2. The summed E-state index contributed by atoms with van der Waals surface area (Å²) >= 11 is 1.10. The van der Waals surface area contributed by atoms with E-state index in [9.17, 15) is 4.79 Å². The third-order valence-electron chi connectivity index (χ3n) is 2.83. The smallest absolute Gasteiger partial charge is 0.308 e. The number of thioether (sulfide) groups is 1. The van der Waals surface area contributed by atoms with E-state index in [4.69, 9.17) is 11.5 Å². The standard InChI is InChI=1S/C14H16N4OS/c1-2-7-20-14(19)18-13(16)12(9-17-18)11-6-4-3-5-10(11)8-15/h2-6,9H,1,7-8,15-16H2. The van der Waals surface area contributed by atoms with Gasteiger partial charge in [0.25, 0.3) is 0 Å². The molecule has 6 heteroatoms. The van der Waals surface area contributed by atoms with Gasteiger partial charge in [0.1, 0.15) is 5.82 Å². The number of hydrogen-bond acceptors (Lipinski definition) is 5. The van der Waals surface area contributed by atoms with Crippen molar-refractivity contribution in [1.29, 1.82) is 0 Å². The van der Waals surface area contributed by atoms with Crippen LogP contribution in [0.5, 0.6) is 0 Å². The van der Waals surface area contributed by atoms with Crippen molar-refractivity contribution >= 4 is 22.8 Å². The average molecular weight is 288 g/mol. The molecule has 0 aliphatic heterocycles. The summed E-state index contributed by atoms with van der Waals surface area (Å²) in [5, 5.41) is 3.84. The fourth-order valence-corrected chi connectivity index (χ4v) is 2.39. The number of nitrogens with two attached hydrogens (primary N) is 2. The molecule has 2 rings (SSSR count). The van der Waals surface area contributed by atoms with Gasteiger partial charge in [0, 0.05) is 17.9 Å². The third-order valence-corrected chi connectivity index (χ3v) is 3.65. The number of carbonyl (C=O) groups excluding carboxylic acids is 1. The first kappa shape index (κ1) is 14.4. The molecule has 0 aliphatic rings. The lowest BCUT2D eigenvalue weighted by Gasteiger charge is -2.07. The van der Waals surface area contributed by atoms with Gasteiger partial charge in [0.2, 0.25) is 0 Å². The highest BCUT2D eigenvalue weighted by molar-refractivity contribution is 8.13. The van der Waals surface area contributed by atoms with E-state index in [-0.39, 0.29) is 5.24 Å². The van der Waals surface area contributed by atoms with Crippen molar-refractivity contribution < 1.29 is 4.79 Å². The molecule has 2 aromatic rings. The second kappa shape index (κ2) is 6.40. The molecular formula is C14H16N4OS. The predicted octanol–water partition coefficient (Wildman–Crippen LogP) is 2.48. The summed E-state index contributed by atoms with van der Waals surface area (Å²) in [6.45, 7) is 3.98. The fraction of sp³-hybridized carbons (Fsp3) is 0.143. The lowest BCUT2D eigenvalue weighted by atomic mass is 10.0. The van der Waals surface area contributed by atoms with Crippen LogP contribution in [0, 0.1) is 0 Å². The molecule has 0 radical (unpaired) electrons. The van der Waals surface area contributed by atoms with Gasteiger partial charge in [-0.1, -0.05) is 42.1 Å². The molecule has 1 aromatic carbocycles. The van der Waals surface area contributed by atoms with E-state index in [2.05, 4.69) is 11.7 Å². The van der Waals surface area contributed by atoms with Crippen molar-refractivity contribution in [2.75, 3.05) is 11.5 Å². The Hall–Kier alpha value is -2.05. The first-order valence-electron chi connectivity index (χ1n) is 6.09. The summed E-state index contributed by atoms with van der Waals surface area (Å²) in [6.07, 6.45) is 3.25. The van der Waals surface area contributed by atoms with Crippen LogP contribution in [0.15, 0.2) is 43.1 Å². The van der Waals surface area contributed by atoms with Crippen LogP contribution < -0.4 is 11.5 Å². The predicted molar refractivity (Wildman–Crippen MR) is 83.4 cm³/mol. The zero-order valence-corrected chi connectivity index (χ0v) is 11.8. The minimum Gasteiger partial charge on any atom is -0.383 e. The molecule has 4 N–H and O–H groups in total. The number of rotatable bonds is 4. The molecule has 104 valence electrons. The van der Waals surface area contributed by atoms with Crippen molar-refractivity contribution in [3.8, 4) is 11.1 Å². The van der Waals surface area contributed by atoms with Crippen molar-refractivity contribution in [2.45, 2.75) is 6.54 Å². The monoisotopic (exact) mass is 288 g/mol. The van der Waals surface area contributed by atoms with Gasteiger partial charge in [-0.05, 0) is 11.1 Å². The van der Waals surface area contributed by atoms with Gasteiger partial charge in [-0.15, -0.1) is 6.58 Å². The Morgan fingerprint density at radius 1 is 1.40 bits per heavy atom. The molecule has 5 nitrogen and oxygen atoms in total. The average Bonchev–Trinajstić information content (AvgIpc) is 2.86. The summed E-state index contributed by atoms with van der Waals surface area (Å²) in [6, 6.07) is 7.67. The van der Waals surface area contributed by atoms with Crippen LogP contribution in [0.25, 0.3) is 11.1 Å². The van der Waals surface area contributed by atoms with Gasteiger partial charge in [0.05, 0.1) is 6.20 Å². The molecular weight excluding hydrogens is 272 g/mol. The molecule has 0 spiro atoms. The van der Waals surface area contributed by atoms with Crippen LogP contribution in [-0.4, -0.2) is 20.8 Å². The summed E-state index contributed by atoms with van der Waals surface area (Å²) in [7, 11) is 0. The fourth-order valence-electron chi connectivity index (χ4n) is 1.86. The van der Waals surface area contributed by atoms with Crippen LogP contribution >= 0.6 is 11.8 Å². The minimum atomic E-state index is -0.223. The molecule has 0 bridgehead atoms. The highest BCUT2D eigenvalue weighted by atomic mass is 32.2. The molecule has 0 amide bonds. The number of carbonyl (C=O) groups is 1. The largest absolute Gasteiger partial charge is 0.383 e. The lowest BCUT2D eigenvalue weighted by Crippen LogP contribution is -2.11. The van der Waals surface area contributed by atoms with Crippen LogP contribution in [0.3, 0.4) is 0 Å². The summed E-state index contributed by atoms with van der Waals surface area (Å²) in [5.74, 6) is 0.847. The molecule has 0 aliphatic carbocycles. The minimum absolute atomic E-state index is 0.223. The maximum Gasteiger partial charge on any atom is 0.308 e. The van der Waals surface area contributed by atoms with E-state index in [1.165, 1.54) is 4.68 Å². The Morgan fingerprint density at radius 3 is 2.85 bits per heavy atom. The van der Waals surface area contributed by atoms with Crippen LogP contribution in [-0.2, 0) is 6.54 Å². The SMILES string of the molecule is C=CCSC(=O)n1ncc(-c2ccccc2CN)c1N. The highest BCUT2D eigenvalue weighted by Gasteiger charge is 2.16. The second-order valence-corrected chi connectivity index (χ2v) is 5.05. The van der Waals surface area contributed by atoms with Crippen LogP contribution in [0.2, 0.25) is 0 Å². The lowest BCUT2D eigenvalue weighted by molar-refractivity contribution is 0.260. The number of nitrogens with zero attached hydrogens (tertiary/aromatic N) is 2. The second-order valence-electron chi connectivity index (χ2n) is 4.08. The number of nitrogen functional groups attached to an aromatic ring is 1. The Labute approximate surface area is 121 Å².